The molecule has 266 valence electrons. The van der Waals surface area contributed by atoms with Gasteiger partial charge in [0.1, 0.15) is 0 Å². The summed E-state index contributed by atoms with van der Waals surface area (Å²) in [6, 6.07) is 50.3. The van der Waals surface area contributed by atoms with E-state index in [-0.39, 0.29) is 23.5 Å². The summed E-state index contributed by atoms with van der Waals surface area (Å²) < 4.78 is 50.1. The van der Waals surface area contributed by atoms with Gasteiger partial charge in [-0.2, -0.15) is 0 Å². The Labute approximate surface area is 342 Å². The number of hydrogen-bond acceptors (Lipinski definition) is 5. The summed E-state index contributed by atoms with van der Waals surface area (Å²) in [4.78, 5) is 15.0. The molecule has 0 aliphatic carbocycles. The quantitative estimate of drug-likeness (QED) is 0.175. The standard InChI is InChI=1S/C51H30N4S2/c1-4-15-31(16-5-1)35-23-14-24-38-41-27-34(55-43-25-12-10-21-36(43)39-29-40-37-22-11-13-26-45(37)56-46(40)30-44(39)55)28-42(48(41)57-47(35)38)51-53-49(32-17-6-2-7-18-32)52-50(54-51)33-19-8-3-9-20-33/h1-30H/i2D,6D,7D,17D,18D. The van der Waals surface area contributed by atoms with Gasteiger partial charge in [0, 0.05) is 73.5 Å². The molecule has 57 heavy (non-hydrogen) atoms. The minimum absolute atomic E-state index is 0.000454. The molecule has 12 aromatic rings. The van der Waals surface area contributed by atoms with Crippen LogP contribution in [0.2, 0.25) is 0 Å². The molecule has 0 aliphatic heterocycles. The van der Waals surface area contributed by atoms with Crippen LogP contribution in [0.3, 0.4) is 0 Å². The molecular weight excluding hydrogens is 733 g/mol. The Morgan fingerprint density at radius 1 is 0.404 bits per heavy atom. The van der Waals surface area contributed by atoms with E-state index < -0.39 is 18.1 Å². The third kappa shape index (κ3) is 5.15. The molecule has 0 spiro atoms. The van der Waals surface area contributed by atoms with Crippen LogP contribution in [0.4, 0.5) is 0 Å². The van der Waals surface area contributed by atoms with E-state index in [1.54, 1.807) is 22.7 Å². The maximum Gasteiger partial charge on any atom is 0.165 e. The highest BCUT2D eigenvalue weighted by Crippen LogP contribution is 2.46. The fourth-order valence-corrected chi connectivity index (χ4v) is 10.6. The zero-order chi connectivity index (χ0) is 41.8. The number of nitrogens with zero attached hydrogens (tertiary/aromatic N) is 4. The van der Waals surface area contributed by atoms with E-state index in [9.17, 15) is 0 Å². The predicted molar refractivity (Wildman–Crippen MR) is 242 cm³/mol. The maximum atomic E-state index is 8.93. The molecule has 0 N–H and O–H groups in total. The smallest absolute Gasteiger partial charge is 0.165 e. The monoisotopic (exact) mass is 767 g/mol. The van der Waals surface area contributed by atoms with Gasteiger partial charge in [0.05, 0.1) is 17.9 Å². The zero-order valence-electron chi connectivity index (χ0n) is 35.0. The van der Waals surface area contributed by atoms with Gasteiger partial charge in [-0.25, -0.2) is 15.0 Å². The van der Waals surface area contributed by atoms with Crippen molar-refractivity contribution < 1.29 is 6.85 Å². The van der Waals surface area contributed by atoms with E-state index in [4.69, 9.17) is 21.8 Å². The first-order valence-corrected chi connectivity index (χ1v) is 20.2. The summed E-state index contributed by atoms with van der Waals surface area (Å²) >= 11 is 3.46. The van der Waals surface area contributed by atoms with Crippen molar-refractivity contribution in [3.63, 3.8) is 0 Å². The van der Waals surface area contributed by atoms with Crippen molar-refractivity contribution in [2.24, 2.45) is 0 Å². The molecule has 4 heterocycles. The van der Waals surface area contributed by atoms with Gasteiger partial charge in [0.25, 0.3) is 0 Å². The lowest BCUT2D eigenvalue weighted by Crippen LogP contribution is -2.01. The van der Waals surface area contributed by atoms with Crippen molar-refractivity contribution in [3.05, 3.63) is 182 Å². The lowest BCUT2D eigenvalue weighted by Gasteiger charge is -2.13. The van der Waals surface area contributed by atoms with Gasteiger partial charge in [-0.15, -0.1) is 22.7 Å². The molecule has 4 nitrogen and oxygen atoms in total. The van der Waals surface area contributed by atoms with Crippen molar-refractivity contribution in [1.82, 2.24) is 19.5 Å². The summed E-state index contributed by atoms with van der Waals surface area (Å²) in [5.74, 6) is 0.651. The normalized spacial score (nSPS) is 13.1. The summed E-state index contributed by atoms with van der Waals surface area (Å²) in [5.41, 5.74) is 6.61. The Kier molecular flexibility index (Phi) is 6.18. The van der Waals surface area contributed by atoms with Crippen LogP contribution in [0.1, 0.15) is 6.85 Å². The molecule has 4 aromatic heterocycles. The van der Waals surface area contributed by atoms with E-state index in [0.29, 0.717) is 17.2 Å². The van der Waals surface area contributed by atoms with Crippen LogP contribution >= 0.6 is 22.7 Å². The van der Waals surface area contributed by atoms with Crippen molar-refractivity contribution >= 4 is 84.8 Å². The molecule has 8 aromatic carbocycles. The molecule has 0 unspecified atom stereocenters. The number of para-hydroxylation sites is 1. The first-order chi connectivity index (χ1) is 30.3. The molecule has 0 saturated heterocycles. The number of thiophene rings is 2. The third-order valence-corrected chi connectivity index (χ3v) is 13.2. The Hall–Kier alpha value is -6.99. The highest BCUT2D eigenvalue weighted by molar-refractivity contribution is 7.27. The molecule has 0 fully saturated rings. The molecule has 12 rings (SSSR count). The molecular formula is C51H30N4S2. The minimum atomic E-state index is -0.477. The van der Waals surface area contributed by atoms with Gasteiger partial charge < -0.3 is 4.57 Å². The Morgan fingerprint density at radius 3 is 1.89 bits per heavy atom. The number of fused-ring (bicyclic) bond motifs is 9. The topological polar surface area (TPSA) is 43.6 Å². The lowest BCUT2D eigenvalue weighted by molar-refractivity contribution is 1.07. The second-order valence-corrected chi connectivity index (χ2v) is 16.1. The lowest BCUT2D eigenvalue weighted by atomic mass is 10.0. The molecule has 0 radical (unpaired) electrons. The van der Waals surface area contributed by atoms with E-state index in [1.165, 1.54) is 20.2 Å². The SMILES string of the molecule is [2H]c1c([2H])c([2H])c(-c2nc(-c3ccccc3)nc(-c3cc(-n4c5ccccc5c5cc6c(cc54)sc4ccccc46)cc4c3sc3c(-c5ccccc5)cccc34)n2)c([2H])c1[2H]. The largest absolute Gasteiger partial charge is 0.309 e. The van der Waals surface area contributed by atoms with Gasteiger partial charge in [-0.3, -0.25) is 0 Å². The van der Waals surface area contributed by atoms with E-state index in [2.05, 4.69) is 120 Å². The van der Waals surface area contributed by atoms with E-state index >= 15 is 0 Å². The first kappa shape index (κ1) is 27.6. The van der Waals surface area contributed by atoms with Gasteiger partial charge in [-0.1, -0.05) is 145 Å². The fraction of sp³-hybridized carbons (Fsp3) is 0. The van der Waals surface area contributed by atoms with Gasteiger partial charge in [0.2, 0.25) is 0 Å². The van der Waals surface area contributed by atoms with Crippen LogP contribution in [0.5, 0.6) is 0 Å². The Balaban J connectivity index is 1.21. The maximum absolute atomic E-state index is 8.93. The van der Waals surface area contributed by atoms with Crippen molar-refractivity contribution in [3.8, 4) is 51.0 Å². The minimum Gasteiger partial charge on any atom is -0.309 e. The average molecular weight is 768 g/mol. The van der Waals surface area contributed by atoms with Crippen LogP contribution in [0, 0.1) is 0 Å². The van der Waals surface area contributed by atoms with Crippen LogP contribution in [0.15, 0.2) is 182 Å². The average Bonchev–Trinajstić information content (AvgIpc) is 3.99. The second-order valence-electron chi connectivity index (χ2n) is 14.0. The fourth-order valence-electron chi connectivity index (χ4n) is 8.18. The summed E-state index contributed by atoms with van der Waals surface area (Å²) in [6.45, 7) is 0. The molecule has 6 heteroatoms. The third-order valence-electron chi connectivity index (χ3n) is 10.7. The first-order valence-electron chi connectivity index (χ1n) is 21.1. The van der Waals surface area contributed by atoms with E-state index in [0.717, 1.165) is 64.4 Å². The summed E-state index contributed by atoms with van der Waals surface area (Å²) in [7, 11) is 0. The van der Waals surface area contributed by atoms with Crippen LogP contribution in [0.25, 0.3) is 113 Å². The van der Waals surface area contributed by atoms with Crippen LogP contribution < -0.4 is 0 Å². The molecule has 0 atom stereocenters. The van der Waals surface area contributed by atoms with E-state index in [1.807, 2.05) is 36.4 Å². The summed E-state index contributed by atoms with van der Waals surface area (Å²) in [5, 5.41) is 6.87. The zero-order valence-corrected chi connectivity index (χ0v) is 31.7. The molecule has 0 bridgehead atoms. The molecule has 0 saturated carbocycles. The Bertz CT molecular complexity index is 3790. The predicted octanol–water partition coefficient (Wildman–Crippen LogP) is 14.4. The Morgan fingerprint density at radius 2 is 1.07 bits per heavy atom. The number of aromatic nitrogens is 4. The van der Waals surface area contributed by atoms with Crippen molar-refractivity contribution in [1.29, 1.82) is 0 Å². The van der Waals surface area contributed by atoms with Crippen LogP contribution in [-0.2, 0) is 0 Å². The highest BCUT2D eigenvalue weighted by atomic mass is 32.1. The summed E-state index contributed by atoms with van der Waals surface area (Å²) in [6.07, 6.45) is 0. The number of benzene rings is 8. The van der Waals surface area contributed by atoms with Gasteiger partial charge >= 0.3 is 0 Å². The van der Waals surface area contributed by atoms with Gasteiger partial charge in [-0.05, 0) is 47.5 Å². The van der Waals surface area contributed by atoms with Crippen LogP contribution in [-0.4, -0.2) is 19.5 Å². The second kappa shape index (κ2) is 12.8. The van der Waals surface area contributed by atoms with Gasteiger partial charge in [0.15, 0.2) is 17.5 Å². The highest BCUT2D eigenvalue weighted by Gasteiger charge is 2.22. The van der Waals surface area contributed by atoms with Crippen molar-refractivity contribution in [2.45, 2.75) is 0 Å². The molecule has 0 amide bonds. The number of hydrogen-bond donors (Lipinski definition) is 0. The van der Waals surface area contributed by atoms with Crippen molar-refractivity contribution in [2.75, 3.05) is 0 Å². The molecule has 0 aliphatic rings. The number of rotatable bonds is 5.